The van der Waals surface area contributed by atoms with E-state index in [2.05, 4.69) is 30.4 Å². The van der Waals surface area contributed by atoms with Gasteiger partial charge in [-0.1, -0.05) is 30.3 Å². The van der Waals surface area contributed by atoms with Crippen LogP contribution in [0.2, 0.25) is 0 Å². The molecule has 4 heteroatoms. The molecule has 0 amide bonds. The molecule has 0 aliphatic heterocycles. The molecule has 0 saturated heterocycles. The molecule has 0 bridgehead atoms. The van der Waals surface area contributed by atoms with Crippen LogP contribution in [0.15, 0.2) is 48.7 Å². The number of ether oxygens (including phenoxy) is 1. The molecule has 0 aliphatic rings. The fourth-order valence-electron chi connectivity index (χ4n) is 3.57. The van der Waals surface area contributed by atoms with E-state index < -0.39 is 0 Å². The SMILES string of the molecule is CCOC(=O)c1c(C)cn2c(nc3cc(C)c(C)cc32)c1-c1ccccc1. The van der Waals surface area contributed by atoms with Gasteiger partial charge in [0.05, 0.1) is 23.2 Å². The highest BCUT2D eigenvalue weighted by atomic mass is 16.5. The lowest BCUT2D eigenvalue weighted by Gasteiger charge is -2.14. The number of carbonyl (C=O) groups is 1. The maximum atomic E-state index is 12.8. The van der Waals surface area contributed by atoms with Crippen molar-refractivity contribution in [2.75, 3.05) is 6.61 Å². The first kappa shape index (κ1) is 17.3. The molecule has 2 aromatic heterocycles. The Morgan fingerprint density at radius 3 is 2.44 bits per heavy atom. The van der Waals surface area contributed by atoms with Crippen molar-refractivity contribution in [3.05, 3.63) is 70.9 Å². The van der Waals surface area contributed by atoms with Crippen LogP contribution in [-0.4, -0.2) is 22.0 Å². The van der Waals surface area contributed by atoms with Gasteiger partial charge in [0.2, 0.25) is 0 Å². The van der Waals surface area contributed by atoms with Crippen LogP contribution in [0.5, 0.6) is 0 Å². The zero-order chi connectivity index (χ0) is 19.1. The lowest BCUT2D eigenvalue weighted by Crippen LogP contribution is -2.10. The summed E-state index contributed by atoms with van der Waals surface area (Å²) in [6.45, 7) is 8.30. The van der Waals surface area contributed by atoms with Crippen LogP contribution in [-0.2, 0) is 4.74 Å². The number of rotatable bonds is 3. The minimum Gasteiger partial charge on any atom is -0.462 e. The average molecular weight is 358 g/mol. The van der Waals surface area contributed by atoms with Crippen LogP contribution in [0.4, 0.5) is 0 Å². The normalized spacial score (nSPS) is 11.3. The fourth-order valence-corrected chi connectivity index (χ4v) is 3.57. The van der Waals surface area contributed by atoms with Crippen molar-refractivity contribution in [3.8, 4) is 11.1 Å². The molecule has 0 aliphatic carbocycles. The predicted molar refractivity (Wildman–Crippen MR) is 108 cm³/mol. The molecule has 4 nitrogen and oxygen atoms in total. The van der Waals surface area contributed by atoms with Gasteiger partial charge in [-0.2, -0.15) is 0 Å². The number of imidazole rings is 1. The molecule has 0 atom stereocenters. The molecule has 0 fully saturated rings. The Labute approximate surface area is 158 Å². The van der Waals surface area contributed by atoms with Crippen LogP contribution in [0.1, 0.15) is 34.0 Å². The number of hydrogen-bond acceptors (Lipinski definition) is 3. The van der Waals surface area contributed by atoms with Gasteiger partial charge in [0.15, 0.2) is 0 Å². The summed E-state index contributed by atoms with van der Waals surface area (Å²) in [7, 11) is 0. The van der Waals surface area contributed by atoms with Gasteiger partial charge in [-0.05, 0) is 62.1 Å². The number of pyridine rings is 1. The second kappa shape index (κ2) is 6.54. The first-order valence-electron chi connectivity index (χ1n) is 9.16. The highest BCUT2D eigenvalue weighted by molar-refractivity contribution is 6.04. The van der Waals surface area contributed by atoms with Crippen molar-refractivity contribution in [1.82, 2.24) is 9.38 Å². The van der Waals surface area contributed by atoms with Crippen molar-refractivity contribution in [2.24, 2.45) is 0 Å². The lowest BCUT2D eigenvalue weighted by atomic mass is 9.98. The van der Waals surface area contributed by atoms with Crippen LogP contribution in [0.3, 0.4) is 0 Å². The van der Waals surface area contributed by atoms with E-state index in [0.717, 1.165) is 33.4 Å². The summed E-state index contributed by atoms with van der Waals surface area (Å²) in [6, 6.07) is 14.2. The molecule has 4 rings (SSSR count). The van der Waals surface area contributed by atoms with Gasteiger partial charge in [0.1, 0.15) is 5.65 Å². The Morgan fingerprint density at radius 2 is 1.74 bits per heavy atom. The summed E-state index contributed by atoms with van der Waals surface area (Å²) in [5.41, 5.74) is 8.40. The van der Waals surface area contributed by atoms with Gasteiger partial charge >= 0.3 is 5.97 Å². The van der Waals surface area contributed by atoms with Crippen molar-refractivity contribution >= 4 is 22.6 Å². The minimum absolute atomic E-state index is 0.309. The highest BCUT2D eigenvalue weighted by Crippen LogP contribution is 2.33. The number of aromatic nitrogens is 2. The van der Waals surface area contributed by atoms with Crippen LogP contribution < -0.4 is 0 Å². The molecular weight excluding hydrogens is 336 g/mol. The van der Waals surface area contributed by atoms with Gasteiger partial charge in [-0.15, -0.1) is 0 Å². The smallest absolute Gasteiger partial charge is 0.339 e. The monoisotopic (exact) mass is 358 g/mol. The molecule has 0 spiro atoms. The molecule has 0 saturated carbocycles. The predicted octanol–water partition coefficient (Wildman–Crippen LogP) is 5.26. The number of carbonyl (C=O) groups excluding carboxylic acids is 1. The van der Waals surface area contributed by atoms with Crippen molar-refractivity contribution in [1.29, 1.82) is 0 Å². The van der Waals surface area contributed by atoms with Crippen LogP contribution >= 0.6 is 0 Å². The van der Waals surface area contributed by atoms with E-state index in [1.54, 1.807) is 0 Å². The zero-order valence-corrected chi connectivity index (χ0v) is 16.0. The first-order valence-corrected chi connectivity index (χ1v) is 9.16. The number of nitrogens with zero attached hydrogens (tertiary/aromatic N) is 2. The first-order chi connectivity index (χ1) is 13.0. The Bertz CT molecular complexity index is 1170. The second-order valence-corrected chi connectivity index (χ2v) is 6.88. The van der Waals surface area contributed by atoms with Crippen molar-refractivity contribution in [2.45, 2.75) is 27.7 Å². The maximum Gasteiger partial charge on any atom is 0.339 e. The van der Waals surface area contributed by atoms with Gasteiger partial charge in [0.25, 0.3) is 0 Å². The summed E-state index contributed by atoms with van der Waals surface area (Å²) in [5.74, 6) is -0.309. The third-order valence-corrected chi connectivity index (χ3v) is 5.04. The second-order valence-electron chi connectivity index (χ2n) is 6.88. The summed E-state index contributed by atoms with van der Waals surface area (Å²) >= 11 is 0. The third kappa shape index (κ3) is 2.78. The molecule has 0 radical (unpaired) electrons. The van der Waals surface area contributed by atoms with Gasteiger partial charge in [-0.3, -0.25) is 4.40 Å². The van der Waals surface area contributed by atoms with Crippen LogP contribution in [0.25, 0.3) is 27.8 Å². The van der Waals surface area contributed by atoms with E-state index >= 15 is 0 Å². The number of benzene rings is 2. The summed E-state index contributed by atoms with van der Waals surface area (Å²) < 4.78 is 7.44. The zero-order valence-electron chi connectivity index (χ0n) is 16.0. The summed E-state index contributed by atoms with van der Waals surface area (Å²) in [5, 5.41) is 0. The molecule has 27 heavy (non-hydrogen) atoms. The number of aryl methyl sites for hydroxylation is 3. The Morgan fingerprint density at radius 1 is 1.04 bits per heavy atom. The van der Waals surface area contributed by atoms with Gasteiger partial charge in [-0.25, -0.2) is 9.78 Å². The highest BCUT2D eigenvalue weighted by Gasteiger charge is 2.23. The van der Waals surface area contributed by atoms with E-state index in [9.17, 15) is 4.79 Å². The quantitative estimate of drug-likeness (QED) is 0.469. The van der Waals surface area contributed by atoms with Crippen molar-refractivity contribution < 1.29 is 9.53 Å². The molecule has 2 aromatic carbocycles. The summed E-state index contributed by atoms with van der Waals surface area (Å²) in [6.07, 6.45) is 1.98. The fraction of sp³-hybridized carbons (Fsp3) is 0.217. The van der Waals surface area contributed by atoms with E-state index in [1.165, 1.54) is 11.1 Å². The van der Waals surface area contributed by atoms with E-state index in [4.69, 9.17) is 9.72 Å². The lowest BCUT2D eigenvalue weighted by molar-refractivity contribution is 0.0526. The summed E-state index contributed by atoms with van der Waals surface area (Å²) in [4.78, 5) is 17.7. The molecule has 0 N–H and O–H groups in total. The molecule has 0 unspecified atom stereocenters. The molecule has 4 aromatic rings. The minimum atomic E-state index is -0.309. The number of hydrogen-bond donors (Lipinski definition) is 0. The topological polar surface area (TPSA) is 43.6 Å². The maximum absolute atomic E-state index is 12.8. The van der Waals surface area contributed by atoms with Crippen molar-refractivity contribution in [3.63, 3.8) is 0 Å². The van der Waals surface area contributed by atoms with E-state index in [0.29, 0.717) is 12.2 Å². The van der Waals surface area contributed by atoms with Crippen LogP contribution in [0, 0.1) is 20.8 Å². The number of esters is 1. The van der Waals surface area contributed by atoms with Gasteiger partial charge in [0, 0.05) is 11.8 Å². The standard InChI is InChI=1S/C23H22N2O2/c1-5-27-23(26)20-16(4)13-25-19-12-15(3)14(2)11-18(19)24-22(25)21(20)17-9-7-6-8-10-17/h6-13H,5H2,1-4H3. The Hall–Kier alpha value is -3.14. The molecular formula is C23H22N2O2. The molecule has 136 valence electrons. The van der Waals surface area contributed by atoms with Gasteiger partial charge < -0.3 is 4.74 Å². The average Bonchev–Trinajstić information content (AvgIpc) is 2.99. The third-order valence-electron chi connectivity index (χ3n) is 5.04. The molecule has 2 heterocycles. The largest absolute Gasteiger partial charge is 0.462 e. The number of fused-ring (bicyclic) bond motifs is 3. The Kier molecular flexibility index (Phi) is 4.19. The van der Waals surface area contributed by atoms with E-state index in [1.807, 2.05) is 50.4 Å². The Balaban J connectivity index is 2.16. The van der Waals surface area contributed by atoms with E-state index in [-0.39, 0.29) is 5.97 Å².